The van der Waals surface area contributed by atoms with Crippen LogP contribution >= 0.6 is 11.9 Å². The molecule has 0 spiro atoms. The lowest BCUT2D eigenvalue weighted by molar-refractivity contribution is 0.300. The van der Waals surface area contributed by atoms with E-state index in [4.69, 9.17) is 5.73 Å². The molecule has 0 radical (unpaired) electrons. The summed E-state index contributed by atoms with van der Waals surface area (Å²) in [5.74, 6) is 1.78. The Balaban J connectivity index is 0.000000257. The molecule has 1 fully saturated rings. The molecule has 3 aromatic rings. The number of aromatic nitrogens is 3. The van der Waals surface area contributed by atoms with Gasteiger partial charge in [0.25, 0.3) is 0 Å². The smallest absolute Gasteiger partial charge is 0.160 e. The standard InChI is InChI=1S/C17H21N5S.C9H19N/c1-5-13-11-18-22-16(10-12(2)19-17(13)22)20-14-6-8-15(9-7-14)23-21(3)4;1-2-9(10)8-6-4-3-5-7-8/h6-11,20H,5H2,1-4H3;8-9H,2-7,10H2,1H3. The molecule has 0 amide bonds. The summed E-state index contributed by atoms with van der Waals surface area (Å²) >= 11 is 1.70. The summed E-state index contributed by atoms with van der Waals surface area (Å²) in [5, 5.41) is 7.91. The average Bonchev–Trinajstić information content (AvgIpc) is 3.23. The molecule has 1 aliphatic rings. The summed E-state index contributed by atoms with van der Waals surface area (Å²) in [5.41, 5.74) is 10.1. The van der Waals surface area contributed by atoms with Gasteiger partial charge in [0.1, 0.15) is 5.82 Å². The Bertz CT molecular complexity index is 992. The van der Waals surface area contributed by atoms with Gasteiger partial charge in [0.2, 0.25) is 0 Å². The van der Waals surface area contributed by atoms with Crippen LogP contribution in [0.25, 0.3) is 5.65 Å². The summed E-state index contributed by atoms with van der Waals surface area (Å²) in [7, 11) is 4.08. The molecular formula is C26H40N6S. The summed E-state index contributed by atoms with van der Waals surface area (Å²) in [6.07, 6.45) is 11.0. The molecule has 2 heterocycles. The maximum atomic E-state index is 5.95. The van der Waals surface area contributed by atoms with Crippen molar-refractivity contribution in [2.75, 3.05) is 19.4 Å². The molecular weight excluding hydrogens is 428 g/mol. The highest BCUT2D eigenvalue weighted by molar-refractivity contribution is 7.97. The van der Waals surface area contributed by atoms with Crippen LogP contribution in [0.1, 0.15) is 63.6 Å². The highest BCUT2D eigenvalue weighted by Crippen LogP contribution is 2.27. The van der Waals surface area contributed by atoms with Crippen molar-refractivity contribution in [2.24, 2.45) is 11.7 Å². The minimum absolute atomic E-state index is 0.486. The topological polar surface area (TPSA) is 71.5 Å². The number of nitrogens with two attached hydrogens (primary N) is 1. The summed E-state index contributed by atoms with van der Waals surface area (Å²) in [4.78, 5) is 5.82. The van der Waals surface area contributed by atoms with Crippen LogP contribution < -0.4 is 11.1 Å². The van der Waals surface area contributed by atoms with Crippen LogP contribution in [0.3, 0.4) is 0 Å². The number of anilines is 2. The molecule has 1 aliphatic carbocycles. The quantitative estimate of drug-likeness (QED) is 0.401. The average molecular weight is 469 g/mol. The van der Waals surface area contributed by atoms with Crippen molar-refractivity contribution in [3.05, 3.63) is 47.8 Å². The Morgan fingerprint density at radius 1 is 1.15 bits per heavy atom. The van der Waals surface area contributed by atoms with Gasteiger partial charge in [-0.3, -0.25) is 4.31 Å². The molecule has 1 atom stereocenters. The third kappa shape index (κ3) is 7.19. The van der Waals surface area contributed by atoms with Crippen molar-refractivity contribution in [2.45, 2.75) is 76.7 Å². The van der Waals surface area contributed by atoms with Crippen LogP contribution in [0.2, 0.25) is 0 Å². The SMILES string of the molecule is CCC(N)C1CCCCC1.CCc1cnn2c(Nc3ccc(SN(C)C)cc3)cc(C)nc12. The third-order valence-corrected chi connectivity index (χ3v) is 7.04. The van der Waals surface area contributed by atoms with Gasteiger partial charge in [0.05, 0.1) is 6.20 Å². The molecule has 7 heteroatoms. The second kappa shape index (κ2) is 12.4. The second-order valence-corrected chi connectivity index (χ2v) is 10.4. The van der Waals surface area contributed by atoms with Crippen molar-refractivity contribution in [3.8, 4) is 0 Å². The minimum Gasteiger partial charge on any atom is -0.340 e. The number of hydrogen-bond acceptors (Lipinski definition) is 6. The normalized spacial score (nSPS) is 15.4. The predicted octanol–water partition coefficient (Wildman–Crippen LogP) is 6.22. The van der Waals surface area contributed by atoms with Crippen molar-refractivity contribution in [3.63, 3.8) is 0 Å². The minimum atomic E-state index is 0.486. The Kier molecular flexibility index (Phi) is 9.59. The molecule has 1 saturated carbocycles. The number of hydrogen-bond donors (Lipinski definition) is 2. The zero-order valence-corrected chi connectivity index (χ0v) is 21.7. The summed E-state index contributed by atoms with van der Waals surface area (Å²) < 4.78 is 3.95. The largest absolute Gasteiger partial charge is 0.340 e. The van der Waals surface area contributed by atoms with Gasteiger partial charge in [-0.25, -0.2) is 4.98 Å². The Labute approximate surface area is 203 Å². The Morgan fingerprint density at radius 3 is 2.45 bits per heavy atom. The fourth-order valence-electron chi connectivity index (χ4n) is 4.32. The number of nitrogens with zero attached hydrogens (tertiary/aromatic N) is 4. The van der Waals surface area contributed by atoms with E-state index in [1.54, 1.807) is 11.9 Å². The van der Waals surface area contributed by atoms with Gasteiger partial charge < -0.3 is 11.1 Å². The maximum Gasteiger partial charge on any atom is 0.160 e. The molecule has 4 rings (SSSR count). The van der Waals surface area contributed by atoms with Crippen LogP contribution in [-0.4, -0.2) is 39.0 Å². The zero-order valence-electron chi connectivity index (χ0n) is 20.8. The first-order chi connectivity index (χ1) is 15.9. The number of benzene rings is 1. The van der Waals surface area contributed by atoms with E-state index in [9.17, 15) is 0 Å². The van der Waals surface area contributed by atoms with Crippen LogP contribution in [0.15, 0.2) is 41.4 Å². The molecule has 0 saturated heterocycles. The highest BCUT2D eigenvalue weighted by Gasteiger charge is 2.18. The lowest BCUT2D eigenvalue weighted by Gasteiger charge is -2.26. The van der Waals surface area contributed by atoms with Crippen LogP contribution in [0, 0.1) is 12.8 Å². The molecule has 33 heavy (non-hydrogen) atoms. The van der Waals surface area contributed by atoms with Gasteiger partial charge in [-0.2, -0.15) is 9.61 Å². The first-order valence-corrected chi connectivity index (χ1v) is 13.0. The van der Waals surface area contributed by atoms with Gasteiger partial charge in [-0.1, -0.05) is 33.1 Å². The van der Waals surface area contributed by atoms with E-state index in [0.29, 0.717) is 6.04 Å². The van der Waals surface area contributed by atoms with Crippen LogP contribution in [-0.2, 0) is 6.42 Å². The molecule has 2 aromatic heterocycles. The van der Waals surface area contributed by atoms with E-state index in [-0.39, 0.29) is 0 Å². The van der Waals surface area contributed by atoms with Gasteiger partial charge in [-0.05, 0) is 88.8 Å². The lowest BCUT2D eigenvalue weighted by Crippen LogP contribution is -2.30. The number of fused-ring (bicyclic) bond motifs is 1. The number of aryl methyl sites for hydroxylation is 2. The monoisotopic (exact) mass is 468 g/mol. The zero-order chi connectivity index (χ0) is 23.8. The summed E-state index contributed by atoms with van der Waals surface area (Å²) in [6, 6.07) is 10.9. The molecule has 1 aromatic carbocycles. The maximum absolute atomic E-state index is 5.95. The van der Waals surface area contributed by atoms with Crippen molar-refractivity contribution < 1.29 is 0 Å². The number of rotatable bonds is 7. The Morgan fingerprint density at radius 2 is 1.85 bits per heavy atom. The van der Waals surface area contributed by atoms with Crippen molar-refractivity contribution in [1.29, 1.82) is 0 Å². The predicted molar refractivity (Wildman–Crippen MR) is 141 cm³/mol. The van der Waals surface area contributed by atoms with E-state index in [2.05, 4.69) is 57.8 Å². The fourth-order valence-corrected chi connectivity index (χ4v) is 5.00. The second-order valence-electron chi connectivity index (χ2n) is 9.06. The fraction of sp³-hybridized carbons (Fsp3) is 0.538. The van der Waals surface area contributed by atoms with E-state index in [0.717, 1.165) is 47.2 Å². The summed E-state index contributed by atoms with van der Waals surface area (Å²) in [6.45, 7) is 6.32. The van der Waals surface area contributed by atoms with E-state index >= 15 is 0 Å². The Hall–Kier alpha value is -2.09. The molecule has 0 bridgehead atoms. The number of nitrogens with one attached hydrogen (secondary N) is 1. The van der Waals surface area contributed by atoms with E-state index in [1.165, 1.54) is 37.0 Å². The van der Waals surface area contributed by atoms with Crippen LogP contribution in [0.5, 0.6) is 0 Å². The first kappa shape index (κ1) is 25.5. The third-order valence-electron chi connectivity index (χ3n) is 6.20. The van der Waals surface area contributed by atoms with Gasteiger partial charge in [0, 0.05) is 33.9 Å². The molecule has 0 aliphatic heterocycles. The van der Waals surface area contributed by atoms with Gasteiger partial charge in [-0.15, -0.1) is 0 Å². The van der Waals surface area contributed by atoms with Crippen LogP contribution in [0.4, 0.5) is 11.5 Å². The van der Waals surface area contributed by atoms with Crippen molar-refractivity contribution in [1.82, 2.24) is 18.9 Å². The van der Waals surface area contributed by atoms with Crippen molar-refractivity contribution >= 4 is 29.1 Å². The van der Waals surface area contributed by atoms with Gasteiger partial charge in [0.15, 0.2) is 5.65 Å². The molecule has 180 valence electrons. The molecule has 3 N–H and O–H groups in total. The lowest BCUT2D eigenvalue weighted by atomic mass is 9.83. The van der Waals surface area contributed by atoms with E-state index < -0.39 is 0 Å². The highest BCUT2D eigenvalue weighted by atomic mass is 32.2. The van der Waals surface area contributed by atoms with Gasteiger partial charge >= 0.3 is 0 Å². The molecule has 6 nitrogen and oxygen atoms in total. The van der Waals surface area contributed by atoms with E-state index in [1.807, 2.05) is 37.8 Å². The first-order valence-electron chi connectivity index (χ1n) is 12.2. The molecule has 1 unspecified atom stereocenters.